The Hall–Kier alpha value is -3.08. The predicted molar refractivity (Wildman–Crippen MR) is 122 cm³/mol. The van der Waals surface area contributed by atoms with Crippen molar-refractivity contribution in [2.45, 2.75) is 11.8 Å². The standard InChI is InChI=1S/C21H23ClN4O5S/c1-14-19(21(28)26(23(14)2)15-9-7-6-8-10-15)25(4)32(29,30)16-11-12-18(22)17(13-16)20(27)24(3)31-5/h6-13H,1-5H3. The quantitative estimate of drug-likeness (QED) is 0.507. The van der Waals surface area contributed by atoms with E-state index in [2.05, 4.69) is 0 Å². The van der Waals surface area contributed by atoms with Gasteiger partial charge in [-0.05, 0) is 37.3 Å². The average molecular weight is 479 g/mol. The molecular formula is C21H23ClN4O5S. The first kappa shape index (κ1) is 23.6. The van der Waals surface area contributed by atoms with E-state index in [1.165, 1.54) is 44.1 Å². The van der Waals surface area contributed by atoms with E-state index in [0.29, 0.717) is 11.4 Å². The number of carbonyl (C=O) groups is 1. The van der Waals surface area contributed by atoms with E-state index < -0.39 is 21.5 Å². The minimum atomic E-state index is -4.19. The zero-order valence-corrected chi connectivity index (χ0v) is 19.8. The smallest absolute Gasteiger partial charge is 0.283 e. The second kappa shape index (κ2) is 8.81. The van der Waals surface area contributed by atoms with Gasteiger partial charge in [0.25, 0.3) is 21.5 Å². The lowest BCUT2D eigenvalue weighted by Gasteiger charge is -2.19. The third-order valence-corrected chi connectivity index (χ3v) is 7.31. The molecule has 2 aromatic carbocycles. The molecule has 0 aliphatic heterocycles. The van der Waals surface area contributed by atoms with E-state index in [9.17, 15) is 18.0 Å². The minimum absolute atomic E-state index is 0.00631. The highest BCUT2D eigenvalue weighted by atomic mass is 35.5. The second-order valence-electron chi connectivity index (χ2n) is 7.01. The summed E-state index contributed by atoms with van der Waals surface area (Å²) in [4.78, 5) is 30.4. The van der Waals surface area contributed by atoms with Gasteiger partial charge < -0.3 is 0 Å². The van der Waals surface area contributed by atoms with Crippen LogP contribution in [0.3, 0.4) is 0 Å². The van der Waals surface area contributed by atoms with Crippen molar-refractivity contribution in [3.05, 3.63) is 75.2 Å². The minimum Gasteiger partial charge on any atom is -0.283 e. The first-order chi connectivity index (χ1) is 15.0. The van der Waals surface area contributed by atoms with Gasteiger partial charge in [0.05, 0.1) is 34.0 Å². The lowest BCUT2D eigenvalue weighted by atomic mass is 10.2. The number of nitrogens with zero attached hydrogens (tertiary/aromatic N) is 4. The third-order valence-electron chi connectivity index (χ3n) is 5.23. The molecule has 0 saturated carbocycles. The number of amides is 1. The van der Waals surface area contributed by atoms with Crippen LogP contribution in [0, 0.1) is 6.92 Å². The Balaban J connectivity index is 2.12. The van der Waals surface area contributed by atoms with Gasteiger partial charge in [-0.15, -0.1) is 0 Å². The van der Waals surface area contributed by atoms with Crippen LogP contribution in [0.1, 0.15) is 16.1 Å². The molecule has 0 radical (unpaired) electrons. The summed E-state index contributed by atoms with van der Waals surface area (Å²) in [7, 11) is 1.46. The number of carbonyl (C=O) groups excluding carboxylic acids is 1. The van der Waals surface area contributed by atoms with Crippen LogP contribution >= 0.6 is 11.6 Å². The van der Waals surface area contributed by atoms with Gasteiger partial charge in [0, 0.05) is 21.1 Å². The molecule has 0 N–H and O–H groups in total. The lowest BCUT2D eigenvalue weighted by Crippen LogP contribution is -2.32. The summed E-state index contributed by atoms with van der Waals surface area (Å²) >= 11 is 6.11. The fourth-order valence-corrected chi connectivity index (χ4v) is 4.75. The molecule has 0 bridgehead atoms. The maximum absolute atomic E-state index is 13.4. The van der Waals surface area contributed by atoms with E-state index in [1.807, 2.05) is 6.07 Å². The number of aromatic nitrogens is 2. The Morgan fingerprint density at radius 2 is 1.72 bits per heavy atom. The number of halogens is 1. The summed E-state index contributed by atoms with van der Waals surface area (Å²) in [6, 6.07) is 12.7. The summed E-state index contributed by atoms with van der Waals surface area (Å²) in [5.41, 5.74) is 0.508. The molecular weight excluding hydrogens is 456 g/mol. The first-order valence-electron chi connectivity index (χ1n) is 9.47. The van der Waals surface area contributed by atoms with Crippen LogP contribution in [-0.2, 0) is 21.9 Å². The number of hydrogen-bond donors (Lipinski definition) is 0. The van der Waals surface area contributed by atoms with Crippen LogP contribution in [0.5, 0.6) is 0 Å². The largest absolute Gasteiger partial charge is 0.296 e. The van der Waals surface area contributed by atoms with Crippen LogP contribution in [0.25, 0.3) is 5.69 Å². The van der Waals surface area contributed by atoms with Crippen molar-refractivity contribution in [2.75, 3.05) is 25.5 Å². The normalized spacial score (nSPS) is 11.4. The fourth-order valence-electron chi connectivity index (χ4n) is 3.28. The monoisotopic (exact) mass is 478 g/mol. The Labute approximate surface area is 191 Å². The van der Waals surface area contributed by atoms with Crippen molar-refractivity contribution in [1.82, 2.24) is 14.4 Å². The van der Waals surface area contributed by atoms with Crippen molar-refractivity contribution >= 4 is 33.2 Å². The Bertz CT molecular complexity index is 1330. The maximum atomic E-state index is 13.4. The Morgan fingerprint density at radius 1 is 1.09 bits per heavy atom. The average Bonchev–Trinajstić information content (AvgIpc) is 3.00. The van der Waals surface area contributed by atoms with Crippen LogP contribution < -0.4 is 9.86 Å². The number of benzene rings is 2. The molecule has 0 saturated heterocycles. The summed E-state index contributed by atoms with van der Waals surface area (Å²) in [6.45, 7) is 1.66. The lowest BCUT2D eigenvalue weighted by molar-refractivity contribution is -0.0757. The summed E-state index contributed by atoms with van der Waals surface area (Å²) in [5, 5.41) is 1.00. The Kier molecular flexibility index (Phi) is 6.49. The van der Waals surface area contributed by atoms with Gasteiger partial charge in [0.15, 0.2) is 0 Å². The highest BCUT2D eigenvalue weighted by Gasteiger charge is 2.30. The van der Waals surface area contributed by atoms with Crippen LogP contribution in [0.2, 0.25) is 5.02 Å². The fraction of sp³-hybridized carbons (Fsp3) is 0.238. The highest BCUT2D eigenvalue weighted by Crippen LogP contribution is 2.27. The van der Waals surface area contributed by atoms with Gasteiger partial charge in [-0.3, -0.25) is 23.4 Å². The summed E-state index contributed by atoms with van der Waals surface area (Å²) in [5.74, 6) is -0.612. The molecule has 1 aromatic heterocycles. The number of anilines is 1. The molecule has 0 aliphatic rings. The van der Waals surface area contributed by atoms with Crippen molar-refractivity contribution < 1.29 is 18.0 Å². The van der Waals surface area contributed by atoms with E-state index >= 15 is 0 Å². The molecule has 1 heterocycles. The molecule has 0 atom stereocenters. The van der Waals surface area contributed by atoms with E-state index in [4.69, 9.17) is 16.4 Å². The molecule has 0 unspecified atom stereocenters. The maximum Gasteiger partial charge on any atom is 0.296 e. The van der Waals surface area contributed by atoms with Crippen molar-refractivity contribution in [3.8, 4) is 5.69 Å². The number of rotatable bonds is 6. The van der Waals surface area contributed by atoms with Gasteiger partial charge >= 0.3 is 0 Å². The SMILES string of the molecule is CON(C)C(=O)c1cc(S(=O)(=O)N(C)c2c(C)n(C)n(-c3ccccc3)c2=O)ccc1Cl. The topological polar surface area (TPSA) is 93.8 Å². The van der Waals surface area contributed by atoms with Crippen molar-refractivity contribution in [2.24, 2.45) is 7.05 Å². The van der Waals surface area contributed by atoms with Crippen LogP contribution in [0.4, 0.5) is 5.69 Å². The van der Waals surface area contributed by atoms with E-state index in [0.717, 1.165) is 9.37 Å². The van der Waals surface area contributed by atoms with Gasteiger partial charge in [0.2, 0.25) is 0 Å². The number of hydroxylamine groups is 2. The molecule has 1 amide bonds. The molecule has 0 fully saturated rings. The zero-order valence-electron chi connectivity index (χ0n) is 18.2. The van der Waals surface area contributed by atoms with E-state index in [1.54, 1.807) is 42.9 Å². The number of sulfonamides is 1. The molecule has 3 rings (SSSR count). The van der Waals surface area contributed by atoms with Crippen molar-refractivity contribution in [1.29, 1.82) is 0 Å². The van der Waals surface area contributed by atoms with Gasteiger partial charge in [-0.2, -0.15) is 0 Å². The van der Waals surface area contributed by atoms with Gasteiger partial charge in [0.1, 0.15) is 5.69 Å². The molecule has 0 aliphatic carbocycles. The van der Waals surface area contributed by atoms with Gasteiger partial charge in [-0.25, -0.2) is 18.2 Å². The van der Waals surface area contributed by atoms with Crippen LogP contribution in [0.15, 0.2) is 58.2 Å². The molecule has 3 aromatic rings. The highest BCUT2D eigenvalue weighted by molar-refractivity contribution is 7.92. The molecule has 9 nitrogen and oxygen atoms in total. The molecule has 170 valence electrons. The molecule has 11 heteroatoms. The molecule has 0 spiro atoms. The first-order valence-corrected chi connectivity index (χ1v) is 11.3. The summed E-state index contributed by atoms with van der Waals surface area (Å²) < 4.78 is 30.7. The summed E-state index contributed by atoms with van der Waals surface area (Å²) in [6.07, 6.45) is 0. The number of para-hydroxylation sites is 1. The molecule has 32 heavy (non-hydrogen) atoms. The Morgan fingerprint density at radius 3 is 2.31 bits per heavy atom. The van der Waals surface area contributed by atoms with Crippen molar-refractivity contribution in [3.63, 3.8) is 0 Å². The predicted octanol–water partition coefficient (Wildman–Crippen LogP) is 2.60. The zero-order chi connectivity index (χ0) is 23.8. The van der Waals surface area contributed by atoms with E-state index in [-0.39, 0.29) is 21.2 Å². The number of hydrogen-bond acceptors (Lipinski definition) is 5. The third kappa shape index (κ3) is 3.92. The van der Waals surface area contributed by atoms with Crippen LogP contribution in [-0.4, -0.2) is 50.0 Å². The second-order valence-corrected chi connectivity index (χ2v) is 9.39. The van der Waals surface area contributed by atoms with Gasteiger partial charge in [-0.1, -0.05) is 29.8 Å².